The lowest BCUT2D eigenvalue weighted by Gasteiger charge is -2.09. The molecule has 0 radical (unpaired) electrons. The summed E-state index contributed by atoms with van der Waals surface area (Å²) >= 11 is 4.41. The number of carbonyl (C=O) groups is 1. The maximum absolute atomic E-state index is 12.8. The Bertz CT molecular complexity index is 1160. The van der Waals surface area contributed by atoms with Crippen LogP contribution in [0.1, 0.15) is 15.9 Å². The Kier molecular flexibility index (Phi) is 6.69. The Morgan fingerprint density at radius 2 is 1.10 bits per heavy atom. The number of ketones is 1. The van der Waals surface area contributed by atoms with Crippen molar-refractivity contribution in [3.63, 3.8) is 0 Å². The minimum absolute atomic E-state index is 0.00637. The third-order valence-corrected chi connectivity index (χ3v) is 5.94. The van der Waals surface area contributed by atoms with Crippen LogP contribution in [-0.4, -0.2) is 5.78 Å². The van der Waals surface area contributed by atoms with Gasteiger partial charge in [-0.1, -0.05) is 18.2 Å². The quantitative estimate of drug-likeness (QED) is 0.164. The van der Waals surface area contributed by atoms with Crippen molar-refractivity contribution in [2.45, 2.75) is 0 Å². The summed E-state index contributed by atoms with van der Waals surface area (Å²) in [4.78, 5) is 12.8. The molecule has 4 aromatic rings. The van der Waals surface area contributed by atoms with Gasteiger partial charge in [-0.25, -0.2) is 0 Å². The summed E-state index contributed by atoms with van der Waals surface area (Å²) in [5.74, 6) is 2.89. The summed E-state index contributed by atoms with van der Waals surface area (Å²) in [7, 11) is 0. The first-order valence-electron chi connectivity index (χ1n) is 9.19. The molecule has 0 heterocycles. The summed E-state index contributed by atoms with van der Waals surface area (Å²) < 4.78 is 13.7. The van der Waals surface area contributed by atoms with E-state index in [0.717, 1.165) is 18.6 Å². The highest BCUT2D eigenvalue weighted by molar-refractivity contribution is 14.1. The number of benzene rings is 4. The molecule has 0 saturated heterocycles. The smallest absolute Gasteiger partial charge is 0.194 e. The normalized spacial score (nSPS) is 10.5. The third-order valence-electron chi connectivity index (χ3n) is 4.33. The zero-order valence-electron chi connectivity index (χ0n) is 15.7. The molecule has 30 heavy (non-hydrogen) atoms. The minimum atomic E-state index is 0.00637. The monoisotopic (exact) mass is 618 g/mol. The molecule has 0 aliphatic heterocycles. The second-order valence-corrected chi connectivity index (χ2v) is 8.87. The summed E-state index contributed by atoms with van der Waals surface area (Å²) in [6.45, 7) is 0. The Hall–Kier alpha value is -2.39. The van der Waals surface area contributed by atoms with Crippen LogP contribution in [0.15, 0.2) is 97.1 Å². The molecule has 148 valence electrons. The fraction of sp³-hybridized carbons (Fsp3) is 0. The molecule has 0 aliphatic carbocycles. The van der Waals surface area contributed by atoms with Crippen LogP contribution in [0.25, 0.3) is 0 Å². The number of hydrogen-bond donors (Lipinski definition) is 0. The molecule has 0 amide bonds. The van der Waals surface area contributed by atoms with Crippen molar-refractivity contribution in [2.24, 2.45) is 0 Å². The molecule has 0 unspecified atom stereocenters. The predicted octanol–water partition coefficient (Wildman–Crippen LogP) is 7.71. The number of para-hydroxylation sites is 1. The van der Waals surface area contributed by atoms with Crippen molar-refractivity contribution >= 4 is 51.0 Å². The highest BCUT2D eigenvalue weighted by atomic mass is 127. The number of rotatable bonds is 6. The van der Waals surface area contributed by atoms with E-state index < -0.39 is 0 Å². The minimum Gasteiger partial charge on any atom is -0.457 e. The number of hydrogen-bond acceptors (Lipinski definition) is 3. The molecule has 0 spiro atoms. The Balaban J connectivity index is 1.43. The van der Waals surface area contributed by atoms with Crippen molar-refractivity contribution < 1.29 is 14.3 Å². The van der Waals surface area contributed by atoms with E-state index in [-0.39, 0.29) is 5.78 Å². The van der Waals surface area contributed by atoms with E-state index in [4.69, 9.17) is 9.47 Å². The van der Waals surface area contributed by atoms with E-state index in [0.29, 0.717) is 22.6 Å². The second-order valence-electron chi connectivity index (χ2n) is 6.47. The molecular formula is C25H16I2O3. The van der Waals surface area contributed by atoms with Gasteiger partial charge in [0.25, 0.3) is 0 Å². The predicted molar refractivity (Wildman–Crippen MR) is 135 cm³/mol. The first-order valence-corrected chi connectivity index (χ1v) is 11.3. The van der Waals surface area contributed by atoms with Gasteiger partial charge in [0.15, 0.2) is 5.78 Å². The highest BCUT2D eigenvalue weighted by Crippen LogP contribution is 2.27. The second kappa shape index (κ2) is 9.61. The first-order chi connectivity index (χ1) is 14.6. The average molecular weight is 618 g/mol. The maximum atomic E-state index is 12.8. The molecule has 0 fully saturated rings. The Morgan fingerprint density at radius 1 is 0.600 bits per heavy atom. The molecule has 5 heteroatoms. The third kappa shape index (κ3) is 5.20. The SMILES string of the molecule is O=C(c1ccc(Oc2ccc(Oc3ccccc3)cc2)cc1)c1cc(I)ccc1I. The zero-order valence-corrected chi connectivity index (χ0v) is 20.0. The van der Waals surface area contributed by atoms with E-state index in [2.05, 4.69) is 45.2 Å². The van der Waals surface area contributed by atoms with Crippen LogP contribution in [0.5, 0.6) is 23.0 Å². The number of halogens is 2. The molecule has 0 N–H and O–H groups in total. The van der Waals surface area contributed by atoms with Gasteiger partial charge >= 0.3 is 0 Å². The van der Waals surface area contributed by atoms with E-state index >= 15 is 0 Å². The molecule has 0 aliphatic rings. The van der Waals surface area contributed by atoms with Crippen molar-refractivity contribution in [1.82, 2.24) is 0 Å². The fourth-order valence-corrected chi connectivity index (χ4v) is 3.91. The highest BCUT2D eigenvalue weighted by Gasteiger charge is 2.13. The lowest BCUT2D eigenvalue weighted by molar-refractivity contribution is 0.103. The van der Waals surface area contributed by atoms with Gasteiger partial charge in [-0.15, -0.1) is 0 Å². The van der Waals surface area contributed by atoms with Crippen LogP contribution in [0, 0.1) is 7.14 Å². The first kappa shape index (κ1) is 20.9. The summed E-state index contributed by atoms with van der Waals surface area (Å²) in [6, 6.07) is 30.1. The maximum Gasteiger partial charge on any atom is 0.194 e. The molecule has 0 bridgehead atoms. The molecule has 4 rings (SSSR count). The standard InChI is InChI=1S/C25H16I2O3/c26-18-8-15-24(27)23(16-18)25(28)17-6-9-20(10-7-17)30-22-13-11-21(12-14-22)29-19-4-2-1-3-5-19/h1-16H. The van der Waals surface area contributed by atoms with E-state index in [9.17, 15) is 4.79 Å². The Morgan fingerprint density at radius 3 is 1.67 bits per heavy atom. The molecule has 0 aromatic heterocycles. The van der Waals surface area contributed by atoms with Crippen LogP contribution in [0.4, 0.5) is 0 Å². The van der Waals surface area contributed by atoms with Gasteiger partial charge in [0.2, 0.25) is 0 Å². The van der Waals surface area contributed by atoms with Gasteiger partial charge < -0.3 is 9.47 Å². The van der Waals surface area contributed by atoms with Gasteiger partial charge in [-0.3, -0.25) is 4.79 Å². The van der Waals surface area contributed by atoms with Crippen molar-refractivity contribution in [3.05, 3.63) is 115 Å². The lowest BCUT2D eigenvalue weighted by Crippen LogP contribution is -2.04. The van der Waals surface area contributed by atoms with Crippen LogP contribution in [0.3, 0.4) is 0 Å². The fourth-order valence-electron chi connectivity index (χ4n) is 2.84. The summed E-state index contributed by atoms with van der Waals surface area (Å²) in [5.41, 5.74) is 1.35. The van der Waals surface area contributed by atoms with Crippen molar-refractivity contribution in [1.29, 1.82) is 0 Å². The molecule has 3 nitrogen and oxygen atoms in total. The van der Waals surface area contributed by atoms with Crippen molar-refractivity contribution in [2.75, 3.05) is 0 Å². The van der Waals surface area contributed by atoms with E-state index in [1.807, 2.05) is 84.9 Å². The van der Waals surface area contributed by atoms with Gasteiger partial charge in [0.1, 0.15) is 23.0 Å². The topological polar surface area (TPSA) is 35.5 Å². The number of carbonyl (C=O) groups excluding carboxylic acids is 1. The molecule has 0 atom stereocenters. The van der Waals surface area contributed by atoms with Crippen LogP contribution >= 0.6 is 45.2 Å². The zero-order chi connectivity index (χ0) is 20.9. The van der Waals surface area contributed by atoms with Gasteiger partial charge in [0.05, 0.1) is 0 Å². The van der Waals surface area contributed by atoms with Crippen LogP contribution < -0.4 is 9.47 Å². The lowest BCUT2D eigenvalue weighted by atomic mass is 10.0. The van der Waals surface area contributed by atoms with E-state index in [1.165, 1.54) is 0 Å². The van der Waals surface area contributed by atoms with Crippen LogP contribution in [-0.2, 0) is 0 Å². The largest absolute Gasteiger partial charge is 0.457 e. The Labute approximate surface area is 202 Å². The van der Waals surface area contributed by atoms with Gasteiger partial charge in [-0.05, 0) is 124 Å². The van der Waals surface area contributed by atoms with Gasteiger partial charge in [0, 0.05) is 18.3 Å². The number of ether oxygens (including phenoxy) is 2. The summed E-state index contributed by atoms with van der Waals surface area (Å²) in [5, 5.41) is 0. The van der Waals surface area contributed by atoms with E-state index in [1.54, 1.807) is 12.1 Å². The average Bonchev–Trinajstić information content (AvgIpc) is 2.77. The van der Waals surface area contributed by atoms with Gasteiger partial charge in [-0.2, -0.15) is 0 Å². The molecule has 4 aromatic carbocycles. The molecular weight excluding hydrogens is 602 g/mol. The molecule has 0 saturated carbocycles. The summed E-state index contributed by atoms with van der Waals surface area (Å²) in [6.07, 6.45) is 0. The van der Waals surface area contributed by atoms with Crippen molar-refractivity contribution in [3.8, 4) is 23.0 Å². The van der Waals surface area contributed by atoms with Crippen LogP contribution in [0.2, 0.25) is 0 Å².